The highest BCUT2D eigenvalue weighted by Gasteiger charge is 2.07. The van der Waals surface area contributed by atoms with Gasteiger partial charge in [0.15, 0.2) is 18.1 Å². The highest BCUT2D eigenvalue weighted by Crippen LogP contribution is 2.28. The van der Waals surface area contributed by atoms with Crippen LogP contribution < -0.4 is 14.8 Å². The van der Waals surface area contributed by atoms with Crippen molar-refractivity contribution in [3.8, 4) is 11.5 Å². The number of rotatable bonds is 9. The molecule has 0 aromatic heterocycles. The van der Waals surface area contributed by atoms with Crippen molar-refractivity contribution in [2.45, 2.75) is 27.7 Å². The minimum Gasteiger partial charge on any atom is -0.490 e. The third-order valence-electron chi connectivity index (χ3n) is 3.71. The average Bonchev–Trinajstić information content (AvgIpc) is 2.64. The number of hydrogen-bond donors (Lipinski definition) is 1. The Labute approximate surface area is 160 Å². The maximum Gasteiger partial charge on any atom is 0.265 e. The van der Waals surface area contributed by atoms with Crippen LogP contribution in [0.25, 0.3) is 0 Å². The first-order valence-electron chi connectivity index (χ1n) is 8.95. The molecule has 144 valence electrons. The molecular weight excluding hydrogens is 344 g/mol. The fourth-order valence-electron chi connectivity index (χ4n) is 2.40. The third kappa shape index (κ3) is 6.33. The molecule has 0 unspecified atom stereocenters. The Bertz CT molecular complexity index is 803. The molecule has 0 heterocycles. The van der Waals surface area contributed by atoms with Crippen molar-refractivity contribution in [2.75, 3.05) is 25.1 Å². The Balaban J connectivity index is 1.90. The number of carbonyl (C=O) groups is 1. The molecule has 0 saturated carbocycles. The van der Waals surface area contributed by atoms with Gasteiger partial charge in [0.25, 0.3) is 5.91 Å². The zero-order valence-electron chi connectivity index (χ0n) is 16.2. The van der Waals surface area contributed by atoms with Gasteiger partial charge in [0.1, 0.15) is 0 Å². The van der Waals surface area contributed by atoms with Crippen molar-refractivity contribution in [2.24, 2.45) is 5.16 Å². The van der Waals surface area contributed by atoms with E-state index in [1.807, 2.05) is 64.1 Å². The minimum absolute atomic E-state index is 0.167. The zero-order valence-corrected chi connectivity index (χ0v) is 16.2. The second kappa shape index (κ2) is 10.2. The van der Waals surface area contributed by atoms with Crippen molar-refractivity contribution in [1.82, 2.24) is 0 Å². The molecule has 2 aromatic rings. The van der Waals surface area contributed by atoms with E-state index in [-0.39, 0.29) is 12.5 Å². The summed E-state index contributed by atoms with van der Waals surface area (Å²) in [5.74, 6) is 1.07. The first kappa shape index (κ1) is 20.3. The number of nitrogens with one attached hydrogen (secondary N) is 1. The molecule has 27 heavy (non-hydrogen) atoms. The maximum absolute atomic E-state index is 12.0. The monoisotopic (exact) mass is 370 g/mol. The average molecular weight is 370 g/mol. The van der Waals surface area contributed by atoms with Crippen LogP contribution in [0, 0.1) is 13.8 Å². The maximum atomic E-state index is 12.0. The normalized spacial score (nSPS) is 10.7. The Morgan fingerprint density at radius 3 is 2.52 bits per heavy atom. The summed E-state index contributed by atoms with van der Waals surface area (Å²) >= 11 is 0. The second-order valence-electron chi connectivity index (χ2n) is 5.95. The Morgan fingerprint density at radius 1 is 1.04 bits per heavy atom. The van der Waals surface area contributed by atoms with Crippen molar-refractivity contribution < 1.29 is 19.1 Å². The van der Waals surface area contributed by atoms with Crippen LogP contribution in [-0.2, 0) is 9.63 Å². The van der Waals surface area contributed by atoms with Gasteiger partial charge in [-0.3, -0.25) is 4.79 Å². The van der Waals surface area contributed by atoms with E-state index in [1.54, 1.807) is 0 Å². The highest BCUT2D eigenvalue weighted by atomic mass is 16.6. The van der Waals surface area contributed by atoms with Gasteiger partial charge in [0.2, 0.25) is 0 Å². The van der Waals surface area contributed by atoms with Crippen LogP contribution >= 0.6 is 0 Å². The molecule has 0 atom stereocenters. The van der Waals surface area contributed by atoms with Gasteiger partial charge in [-0.15, -0.1) is 0 Å². The lowest BCUT2D eigenvalue weighted by atomic mass is 10.1. The lowest BCUT2D eigenvalue weighted by Gasteiger charge is -2.11. The Morgan fingerprint density at radius 2 is 1.78 bits per heavy atom. The number of hydrogen-bond acceptors (Lipinski definition) is 5. The molecule has 0 spiro atoms. The lowest BCUT2D eigenvalue weighted by molar-refractivity contribution is -0.120. The van der Waals surface area contributed by atoms with Crippen LogP contribution in [0.2, 0.25) is 0 Å². The lowest BCUT2D eigenvalue weighted by Crippen LogP contribution is -2.17. The van der Waals surface area contributed by atoms with Crippen LogP contribution in [0.1, 0.15) is 30.5 Å². The fraction of sp³-hybridized carbons (Fsp3) is 0.333. The molecule has 0 saturated heterocycles. The number of ether oxygens (including phenoxy) is 2. The van der Waals surface area contributed by atoms with Crippen molar-refractivity contribution in [1.29, 1.82) is 0 Å². The molecule has 0 bridgehead atoms. The predicted molar refractivity (Wildman–Crippen MR) is 107 cm³/mol. The number of amides is 1. The minimum atomic E-state index is -0.262. The summed E-state index contributed by atoms with van der Waals surface area (Å²) in [5.41, 5.74) is 3.64. The largest absolute Gasteiger partial charge is 0.490 e. The molecule has 6 heteroatoms. The molecule has 6 nitrogen and oxygen atoms in total. The molecule has 2 rings (SSSR count). The van der Waals surface area contributed by atoms with Crippen LogP contribution in [0.3, 0.4) is 0 Å². The first-order chi connectivity index (χ1) is 13.0. The van der Waals surface area contributed by atoms with Gasteiger partial charge >= 0.3 is 0 Å². The van der Waals surface area contributed by atoms with Gasteiger partial charge in [0, 0.05) is 11.3 Å². The summed E-state index contributed by atoms with van der Waals surface area (Å²) in [5, 5.41) is 6.68. The zero-order chi connectivity index (χ0) is 19.6. The second-order valence-corrected chi connectivity index (χ2v) is 5.95. The topological polar surface area (TPSA) is 69.2 Å². The van der Waals surface area contributed by atoms with Crippen LogP contribution in [0.5, 0.6) is 11.5 Å². The van der Waals surface area contributed by atoms with E-state index in [0.717, 1.165) is 22.4 Å². The summed E-state index contributed by atoms with van der Waals surface area (Å²) in [6.45, 7) is 8.68. The summed E-state index contributed by atoms with van der Waals surface area (Å²) < 4.78 is 11.1. The number of nitrogens with zero attached hydrogens (tertiary/aromatic N) is 1. The van der Waals surface area contributed by atoms with E-state index in [0.29, 0.717) is 24.7 Å². The summed E-state index contributed by atoms with van der Waals surface area (Å²) in [6.07, 6.45) is 1.53. The smallest absolute Gasteiger partial charge is 0.265 e. The first-order valence-corrected chi connectivity index (χ1v) is 8.95. The molecule has 1 amide bonds. The molecule has 0 aliphatic heterocycles. The van der Waals surface area contributed by atoms with E-state index < -0.39 is 0 Å². The van der Waals surface area contributed by atoms with E-state index in [9.17, 15) is 4.79 Å². The number of anilines is 1. The third-order valence-corrected chi connectivity index (χ3v) is 3.71. The fourth-order valence-corrected chi connectivity index (χ4v) is 2.40. The molecular formula is C21H26N2O4. The molecule has 0 aliphatic carbocycles. The van der Waals surface area contributed by atoms with Crippen LogP contribution in [0.15, 0.2) is 41.6 Å². The molecule has 0 fully saturated rings. The van der Waals surface area contributed by atoms with E-state index in [2.05, 4.69) is 10.5 Å². The van der Waals surface area contributed by atoms with Gasteiger partial charge in [-0.25, -0.2) is 0 Å². The van der Waals surface area contributed by atoms with Crippen molar-refractivity contribution in [3.63, 3.8) is 0 Å². The van der Waals surface area contributed by atoms with Gasteiger partial charge < -0.3 is 19.6 Å². The molecule has 0 radical (unpaired) electrons. The van der Waals surface area contributed by atoms with E-state index >= 15 is 0 Å². The van der Waals surface area contributed by atoms with Crippen molar-refractivity contribution in [3.05, 3.63) is 53.1 Å². The molecule has 2 aromatic carbocycles. The number of carbonyl (C=O) groups excluding carboxylic acids is 1. The molecule has 1 N–H and O–H groups in total. The quantitative estimate of drug-likeness (QED) is 0.533. The summed E-state index contributed by atoms with van der Waals surface area (Å²) in [7, 11) is 0. The summed E-state index contributed by atoms with van der Waals surface area (Å²) in [4.78, 5) is 17.1. The predicted octanol–water partition coefficient (Wildman–Crippen LogP) is 4.09. The SMILES string of the molecule is CCOc1ccc(C=NOCC(=O)Nc2cc(C)ccc2C)cc1OCC. The van der Waals surface area contributed by atoms with Crippen molar-refractivity contribution >= 4 is 17.8 Å². The standard InChI is InChI=1S/C21H26N2O4/c1-5-25-19-10-9-17(12-20(19)26-6-2)13-22-27-14-21(24)23-18-11-15(3)7-8-16(18)4/h7-13H,5-6,14H2,1-4H3,(H,23,24). The van der Waals surface area contributed by atoms with Crippen LogP contribution in [0.4, 0.5) is 5.69 Å². The van der Waals surface area contributed by atoms with Gasteiger partial charge in [-0.05, 0) is 63.1 Å². The Kier molecular flexibility index (Phi) is 7.67. The van der Waals surface area contributed by atoms with Gasteiger partial charge in [-0.1, -0.05) is 17.3 Å². The highest BCUT2D eigenvalue weighted by molar-refractivity contribution is 5.92. The van der Waals surface area contributed by atoms with E-state index in [4.69, 9.17) is 14.3 Å². The summed E-state index contributed by atoms with van der Waals surface area (Å²) in [6, 6.07) is 11.4. The van der Waals surface area contributed by atoms with Crippen LogP contribution in [-0.4, -0.2) is 31.9 Å². The van der Waals surface area contributed by atoms with Gasteiger partial charge in [-0.2, -0.15) is 0 Å². The Hall–Kier alpha value is -3.02. The number of benzene rings is 2. The number of aryl methyl sites for hydroxylation is 2. The molecule has 0 aliphatic rings. The number of oxime groups is 1. The van der Waals surface area contributed by atoms with E-state index in [1.165, 1.54) is 6.21 Å². The van der Waals surface area contributed by atoms with Gasteiger partial charge in [0.05, 0.1) is 19.4 Å².